The van der Waals surface area contributed by atoms with Gasteiger partial charge in [0.25, 0.3) is 5.56 Å². The van der Waals surface area contributed by atoms with Gasteiger partial charge in [0.2, 0.25) is 0 Å². The molecule has 1 aromatic heterocycles. The van der Waals surface area contributed by atoms with Gasteiger partial charge in [0.1, 0.15) is 36.3 Å². The summed E-state index contributed by atoms with van der Waals surface area (Å²) in [5.74, 6) is -0.405. The highest BCUT2D eigenvalue weighted by Gasteiger charge is 2.46. The summed E-state index contributed by atoms with van der Waals surface area (Å²) in [5, 5.41) is 28.7. The molecule has 4 N–H and O–H groups in total. The van der Waals surface area contributed by atoms with Gasteiger partial charge in [-0.15, -0.1) is 0 Å². The summed E-state index contributed by atoms with van der Waals surface area (Å²) in [5.41, 5.74) is -1.72. The molecule has 1 aliphatic rings. The molecule has 0 bridgehead atoms. The van der Waals surface area contributed by atoms with Crippen LogP contribution in [0.25, 0.3) is 10.8 Å². The summed E-state index contributed by atoms with van der Waals surface area (Å²) in [6, 6.07) is 11.2. The summed E-state index contributed by atoms with van der Waals surface area (Å²) in [6.07, 6.45) is -5.19. The molecule has 0 radical (unpaired) electrons. The molecular formula is C25H31N4O10P. The van der Waals surface area contributed by atoms with Crippen LogP contribution >= 0.6 is 7.75 Å². The first-order valence-electron chi connectivity index (χ1n) is 12.5. The van der Waals surface area contributed by atoms with Gasteiger partial charge in [0, 0.05) is 5.39 Å². The monoisotopic (exact) mass is 578 g/mol. The molecule has 3 unspecified atom stereocenters. The molecule has 1 fully saturated rings. The number of ether oxygens (including phenoxy) is 2. The van der Waals surface area contributed by atoms with Crippen molar-refractivity contribution in [2.75, 3.05) is 13.2 Å². The van der Waals surface area contributed by atoms with Crippen molar-refractivity contribution < 1.29 is 38.1 Å². The maximum absolute atomic E-state index is 14.0. The Labute approximate surface area is 228 Å². The Bertz CT molecular complexity index is 1500. The van der Waals surface area contributed by atoms with E-state index in [1.54, 1.807) is 24.3 Å². The maximum Gasteiger partial charge on any atom is 0.459 e. The topological polar surface area (TPSA) is 191 Å². The van der Waals surface area contributed by atoms with E-state index in [-0.39, 0.29) is 18.3 Å². The Morgan fingerprint density at radius 2 is 1.88 bits per heavy atom. The highest BCUT2D eigenvalue weighted by atomic mass is 31.2. The van der Waals surface area contributed by atoms with Crippen molar-refractivity contribution in [3.63, 3.8) is 0 Å². The number of aliphatic hydroxyl groups excluding tert-OH is 2. The van der Waals surface area contributed by atoms with E-state index < -0.39 is 62.2 Å². The van der Waals surface area contributed by atoms with Gasteiger partial charge in [0.15, 0.2) is 6.23 Å². The highest BCUT2D eigenvalue weighted by Crippen LogP contribution is 2.47. The van der Waals surface area contributed by atoms with Crippen molar-refractivity contribution in [2.24, 2.45) is 5.92 Å². The predicted molar refractivity (Wildman–Crippen MR) is 142 cm³/mol. The number of carbonyl (C=O) groups is 1. The van der Waals surface area contributed by atoms with E-state index in [9.17, 15) is 29.2 Å². The summed E-state index contributed by atoms with van der Waals surface area (Å²) < 4.78 is 36.9. The molecule has 2 aromatic carbocycles. The van der Waals surface area contributed by atoms with E-state index in [0.717, 1.165) is 11.6 Å². The number of esters is 1. The molecule has 4 rings (SSSR count). The number of aliphatic hydroxyl groups is 2. The average Bonchev–Trinajstić information content (AvgIpc) is 3.19. The van der Waals surface area contributed by atoms with Crippen molar-refractivity contribution in [1.82, 2.24) is 19.9 Å². The molecule has 40 heavy (non-hydrogen) atoms. The minimum absolute atomic E-state index is 0.0796. The van der Waals surface area contributed by atoms with Gasteiger partial charge in [-0.25, -0.2) is 9.36 Å². The number of benzene rings is 2. The summed E-state index contributed by atoms with van der Waals surface area (Å²) in [4.78, 5) is 38.0. The Kier molecular flexibility index (Phi) is 9.19. The number of aromatic amines is 1. The van der Waals surface area contributed by atoms with Crippen LogP contribution in [0, 0.1) is 5.92 Å². The Morgan fingerprint density at radius 1 is 1.15 bits per heavy atom. The van der Waals surface area contributed by atoms with Crippen LogP contribution in [0.3, 0.4) is 0 Å². The van der Waals surface area contributed by atoms with Gasteiger partial charge in [-0.2, -0.15) is 14.9 Å². The predicted octanol–water partition coefficient (Wildman–Crippen LogP) is 1.09. The number of carbonyl (C=O) groups excluding carboxylic acids is 1. The first-order chi connectivity index (χ1) is 19.0. The van der Waals surface area contributed by atoms with Crippen molar-refractivity contribution in [3.8, 4) is 5.75 Å². The lowest BCUT2D eigenvalue weighted by Gasteiger charge is -2.25. The maximum atomic E-state index is 14.0. The minimum Gasteiger partial charge on any atom is -0.464 e. The quantitative estimate of drug-likeness (QED) is 0.187. The molecule has 2 heterocycles. The van der Waals surface area contributed by atoms with Gasteiger partial charge in [0.05, 0.1) is 13.2 Å². The number of aromatic nitrogens is 3. The number of H-pyrrole nitrogens is 1. The van der Waals surface area contributed by atoms with Crippen LogP contribution in [0.2, 0.25) is 0 Å². The second-order valence-electron chi connectivity index (χ2n) is 9.67. The largest absolute Gasteiger partial charge is 0.464 e. The second-order valence-corrected chi connectivity index (χ2v) is 11.4. The van der Waals surface area contributed by atoms with Crippen LogP contribution in [0.5, 0.6) is 5.75 Å². The zero-order valence-corrected chi connectivity index (χ0v) is 22.9. The number of hydrogen-bond donors (Lipinski definition) is 4. The Hall–Kier alpha value is -3.39. The van der Waals surface area contributed by atoms with Crippen LogP contribution < -0.4 is 20.9 Å². The lowest BCUT2D eigenvalue weighted by atomic mass is 10.1. The van der Waals surface area contributed by atoms with Crippen LogP contribution in [0.1, 0.15) is 27.0 Å². The van der Waals surface area contributed by atoms with Crippen LogP contribution in [0.15, 0.2) is 58.3 Å². The number of nitrogens with one attached hydrogen (secondary N) is 2. The first kappa shape index (κ1) is 29.6. The molecule has 1 aliphatic heterocycles. The average molecular weight is 579 g/mol. The van der Waals surface area contributed by atoms with Gasteiger partial charge in [-0.05, 0) is 24.3 Å². The van der Waals surface area contributed by atoms with E-state index in [1.165, 1.54) is 6.92 Å². The van der Waals surface area contributed by atoms with E-state index in [4.69, 9.17) is 18.5 Å². The number of nitrogens with zero attached hydrogens (tertiary/aromatic N) is 2. The molecule has 3 aromatic rings. The molecule has 15 heteroatoms. The lowest BCUT2D eigenvalue weighted by molar-refractivity contribution is -0.146. The van der Waals surface area contributed by atoms with Gasteiger partial charge in [-0.3, -0.25) is 19.1 Å². The van der Waals surface area contributed by atoms with E-state index in [0.29, 0.717) is 10.1 Å². The van der Waals surface area contributed by atoms with E-state index >= 15 is 0 Å². The molecular weight excluding hydrogens is 547 g/mol. The summed E-state index contributed by atoms with van der Waals surface area (Å²) >= 11 is 0. The van der Waals surface area contributed by atoms with Crippen LogP contribution in [-0.2, 0) is 23.4 Å². The van der Waals surface area contributed by atoms with E-state index in [2.05, 4.69) is 10.2 Å². The standard InChI is InChI=1S/C25H31N4O10P/c1-14(2)12-36-24(33)15(3)28-40(35,39-18-10-6-8-16-7-4-5-9-17(16)18)37-13-19-21(31)22(32)23(38-19)29-25(34)27-20(30)11-26-29/h4-11,14-15,19,21-23,31-32H,12-13H2,1-3H3,(H,28,35)(H,27,30,34)/t15-,19+,21?,22?,23+,40?/m0/s1. The Balaban J connectivity index is 1.55. The molecule has 1 saturated heterocycles. The summed E-state index contributed by atoms with van der Waals surface area (Å²) in [6.45, 7) is 4.73. The fourth-order valence-corrected chi connectivity index (χ4v) is 5.46. The minimum atomic E-state index is -4.36. The SMILES string of the molecule is CC(C)COC(=O)[C@H](C)NP(=O)(OC[C@H]1O[C@@H](n2ncc(=O)[nH]c2=O)C(O)C1O)Oc1cccc2ccccc12. The number of fused-ring (bicyclic) bond motifs is 1. The molecule has 216 valence electrons. The van der Waals surface area contributed by atoms with Crippen LogP contribution in [0.4, 0.5) is 0 Å². The van der Waals surface area contributed by atoms with Crippen molar-refractivity contribution >= 4 is 24.5 Å². The third-order valence-electron chi connectivity index (χ3n) is 5.96. The highest BCUT2D eigenvalue weighted by molar-refractivity contribution is 7.52. The smallest absolute Gasteiger partial charge is 0.459 e. The molecule has 0 amide bonds. The fourth-order valence-electron chi connectivity index (χ4n) is 3.94. The number of rotatable bonds is 11. The van der Waals surface area contributed by atoms with Crippen molar-refractivity contribution in [2.45, 2.75) is 51.4 Å². The molecule has 6 atom stereocenters. The third-order valence-corrected chi connectivity index (χ3v) is 7.59. The third kappa shape index (κ3) is 6.84. The lowest BCUT2D eigenvalue weighted by Crippen LogP contribution is -2.39. The van der Waals surface area contributed by atoms with Gasteiger partial charge < -0.3 is 24.2 Å². The van der Waals surface area contributed by atoms with Crippen LogP contribution in [-0.4, -0.2) is 68.5 Å². The molecule has 14 nitrogen and oxygen atoms in total. The molecule has 0 aliphatic carbocycles. The van der Waals surface area contributed by atoms with Gasteiger partial charge >= 0.3 is 19.4 Å². The van der Waals surface area contributed by atoms with Gasteiger partial charge in [-0.1, -0.05) is 50.2 Å². The Morgan fingerprint density at radius 3 is 2.60 bits per heavy atom. The zero-order valence-electron chi connectivity index (χ0n) is 22.0. The van der Waals surface area contributed by atoms with Crippen molar-refractivity contribution in [3.05, 3.63) is 69.5 Å². The van der Waals surface area contributed by atoms with Crippen molar-refractivity contribution in [1.29, 1.82) is 0 Å². The molecule has 0 saturated carbocycles. The fraction of sp³-hybridized carbons (Fsp3) is 0.440. The number of hydrogen-bond acceptors (Lipinski definition) is 11. The second kappa shape index (κ2) is 12.4. The van der Waals surface area contributed by atoms with E-state index in [1.807, 2.05) is 37.0 Å². The first-order valence-corrected chi connectivity index (χ1v) is 14.1. The summed E-state index contributed by atoms with van der Waals surface area (Å²) in [7, 11) is -4.36. The molecule has 0 spiro atoms. The normalized spacial score (nSPS) is 23.1. The zero-order chi connectivity index (χ0) is 29.0.